The van der Waals surface area contributed by atoms with Crippen LogP contribution in [-0.2, 0) is 23.7 Å². The van der Waals surface area contributed by atoms with Crippen LogP contribution in [0.3, 0.4) is 0 Å². The molecular formula is C15H26O13. The van der Waals surface area contributed by atoms with Gasteiger partial charge in [-0.25, -0.2) is 0 Å². The maximum absolute atomic E-state index is 10.8. The molecule has 13 nitrogen and oxygen atoms in total. The van der Waals surface area contributed by atoms with Gasteiger partial charge in [0.15, 0.2) is 18.9 Å². The molecule has 2 heterocycles. The second-order valence-corrected chi connectivity index (χ2v) is 6.54. The van der Waals surface area contributed by atoms with Crippen molar-refractivity contribution in [2.75, 3.05) is 19.8 Å². The molecule has 2 aliphatic rings. The number of hydrogen-bond donors (Lipinski definition) is 8. The van der Waals surface area contributed by atoms with E-state index in [0.717, 1.165) is 0 Å². The zero-order valence-corrected chi connectivity index (χ0v) is 14.7. The molecule has 0 saturated carbocycles. The number of carbonyl (C=O) groups excluding carboxylic acids is 1. The van der Waals surface area contributed by atoms with Crippen LogP contribution >= 0.6 is 0 Å². The molecule has 2 rings (SSSR count). The minimum atomic E-state index is -1.84. The second kappa shape index (κ2) is 10.3. The Labute approximate surface area is 159 Å². The lowest BCUT2D eigenvalue weighted by molar-refractivity contribution is -0.291. The molecule has 28 heavy (non-hydrogen) atoms. The first-order valence-electron chi connectivity index (χ1n) is 8.58. The van der Waals surface area contributed by atoms with Crippen molar-refractivity contribution in [3.8, 4) is 0 Å². The van der Waals surface area contributed by atoms with Crippen molar-refractivity contribution in [3.63, 3.8) is 0 Å². The van der Waals surface area contributed by atoms with Gasteiger partial charge in [-0.05, 0) is 0 Å². The topological polar surface area (TPSA) is 216 Å². The van der Waals surface area contributed by atoms with Gasteiger partial charge >= 0.3 is 0 Å². The molecule has 164 valence electrons. The van der Waals surface area contributed by atoms with Gasteiger partial charge < -0.3 is 64.6 Å². The van der Waals surface area contributed by atoms with Gasteiger partial charge in [-0.15, -0.1) is 0 Å². The van der Waals surface area contributed by atoms with E-state index >= 15 is 0 Å². The third-order valence-electron chi connectivity index (χ3n) is 4.55. The minimum absolute atomic E-state index is 0.0569. The lowest BCUT2D eigenvalue weighted by atomic mass is 10.0. The lowest BCUT2D eigenvalue weighted by Gasteiger charge is -2.37. The summed E-state index contributed by atoms with van der Waals surface area (Å²) in [4.78, 5) is 10.8. The number of aliphatic hydroxyl groups excluding tert-OH is 8. The predicted octanol–water partition coefficient (Wildman–Crippen LogP) is -5.81. The molecule has 0 aliphatic carbocycles. The quantitative estimate of drug-likeness (QED) is 0.165. The van der Waals surface area contributed by atoms with E-state index in [1.165, 1.54) is 0 Å². The van der Waals surface area contributed by atoms with E-state index in [1.807, 2.05) is 0 Å². The van der Waals surface area contributed by atoms with Gasteiger partial charge in [0.1, 0.15) is 54.9 Å². The van der Waals surface area contributed by atoms with Gasteiger partial charge in [0.25, 0.3) is 0 Å². The van der Waals surface area contributed by atoms with Crippen LogP contribution in [0, 0.1) is 0 Å². The molecule has 2 fully saturated rings. The summed E-state index contributed by atoms with van der Waals surface area (Å²) in [6.45, 7) is -1.88. The van der Waals surface area contributed by atoms with E-state index in [-0.39, 0.29) is 12.9 Å². The lowest BCUT2D eigenvalue weighted by Crippen LogP contribution is -2.56. The molecule has 11 atom stereocenters. The maximum Gasteiger partial charge on any atom is 0.187 e. The highest BCUT2D eigenvalue weighted by atomic mass is 16.8. The minimum Gasteiger partial charge on any atom is -0.394 e. The van der Waals surface area contributed by atoms with Gasteiger partial charge in [0.2, 0.25) is 0 Å². The largest absolute Gasteiger partial charge is 0.394 e. The normalized spacial score (nSPS) is 42.1. The van der Waals surface area contributed by atoms with Crippen molar-refractivity contribution in [1.82, 2.24) is 0 Å². The molecule has 2 aliphatic heterocycles. The third-order valence-corrected chi connectivity index (χ3v) is 4.55. The fourth-order valence-electron chi connectivity index (χ4n) is 2.92. The fourth-order valence-corrected chi connectivity index (χ4v) is 2.92. The van der Waals surface area contributed by atoms with Gasteiger partial charge in [0.05, 0.1) is 19.8 Å². The number of rotatable bonds is 9. The number of aliphatic hydroxyl groups is 8. The van der Waals surface area contributed by atoms with Gasteiger partial charge in [-0.3, -0.25) is 0 Å². The Bertz CT molecular complexity index is 493. The van der Waals surface area contributed by atoms with Crippen molar-refractivity contribution in [1.29, 1.82) is 0 Å². The summed E-state index contributed by atoms with van der Waals surface area (Å²) >= 11 is 0. The summed E-state index contributed by atoms with van der Waals surface area (Å²) in [5.74, 6) is 0. The Hall–Kier alpha value is -0.810. The van der Waals surface area contributed by atoms with Crippen LogP contribution in [0.15, 0.2) is 0 Å². The van der Waals surface area contributed by atoms with Gasteiger partial charge in [-0.1, -0.05) is 0 Å². The molecule has 0 aromatic carbocycles. The van der Waals surface area contributed by atoms with E-state index in [4.69, 9.17) is 24.1 Å². The van der Waals surface area contributed by atoms with E-state index in [0.29, 0.717) is 0 Å². The van der Waals surface area contributed by atoms with Crippen LogP contribution in [-0.4, -0.2) is 134 Å². The van der Waals surface area contributed by atoms with E-state index in [2.05, 4.69) is 0 Å². The molecule has 0 amide bonds. The van der Waals surface area contributed by atoms with Crippen molar-refractivity contribution >= 4 is 6.29 Å². The van der Waals surface area contributed by atoms with Crippen molar-refractivity contribution in [2.24, 2.45) is 0 Å². The monoisotopic (exact) mass is 414 g/mol. The zero-order chi connectivity index (χ0) is 21.0. The summed E-state index contributed by atoms with van der Waals surface area (Å²) < 4.78 is 20.9. The van der Waals surface area contributed by atoms with Crippen LogP contribution in [0.25, 0.3) is 0 Å². The van der Waals surface area contributed by atoms with Crippen molar-refractivity contribution in [3.05, 3.63) is 0 Å². The molecule has 13 heteroatoms. The molecule has 0 aromatic rings. The second-order valence-electron chi connectivity index (χ2n) is 6.54. The van der Waals surface area contributed by atoms with E-state index in [1.54, 1.807) is 0 Å². The molecule has 0 spiro atoms. The smallest absolute Gasteiger partial charge is 0.187 e. The standard InChI is InChI=1S/C15H26O13/c16-1-5(19)12(6(20)2-17)27-15-11(24)13(8(3-18)26-15)28-14-10(23)9(22)7(21)4-25-14/h1,5-15,17-24H,2-4H2/t5-,6-,7+,8-,9-,10+,11+,12+,13-,14-,15-/m0/s1. The summed E-state index contributed by atoms with van der Waals surface area (Å²) in [6, 6.07) is 0. The molecule has 8 N–H and O–H groups in total. The van der Waals surface area contributed by atoms with E-state index < -0.39 is 80.7 Å². The Morgan fingerprint density at radius 1 is 1.04 bits per heavy atom. The molecule has 0 unspecified atom stereocenters. The molecule has 0 bridgehead atoms. The first-order valence-corrected chi connectivity index (χ1v) is 8.58. The van der Waals surface area contributed by atoms with Crippen molar-refractivity contribution in [2.45, 2.75) is 67.5 Å². The molecule has 2 saturated heterocycles. The summed E-state index contributed by atoms with van der Waals surface area (Å²) in [5, 5.41) is 77.2. The summed E-state index contributed by atoms with van der Waals surface area (Å²) in [6.07, 6.45) is -16.9. The molecular weight excluding hydrogens is 388 g/mol. The molecule has 0 radical (unpaired) electrons. The number of hydrogen-bond acceptors (Lipinski definition) is 13. The maximum atomic E-state index is 10.8. The third kappa shape index (κ3) is 5.02. The van der Waals surface area contributed by atoms with Crippen molar-refractivity contribution < 1.29 is 64.6 Å². The van der Waals surface area contributed by atoms with Gasteiger partial charge in [-0.2, -0.15) is 0 Å². The Balaban J connectivity index is 2.07. The Kier molecular flexibility index (Phi) is 8.62. The first-order chi connectivity index (χ1) is 13.2. The van der Waals surface area contributed by atoms with Crippen LogP contribution in [0.1, 0.15) is 0 Å². The predicted molar refractivity (Wildman–Crippen MR) is 84.4 cm³/mol. The van der Waals surface area contributed by atoms with Crippen LogP contribution in [0.4, 0.5) is 0 Å². The fraction of sp³-hybridized carbons (Fsp3) is 0.933. The number of ether oxygens (including phenoxy) is 4. The van der Waals surface area contributed by atoms with E-state index in [9.17, 15) is 40.5 Å². The van der Waals surface area contributed by atoms with Crippen LogP contribution in [0.5, 0.6) is 0 Å². The SMILES string of the molecule is O=C[C@H](O)[C@@H](O[C@@H]1O[C@@H](CO)[C@H](O[C@@H]2OC[C@@H](O)[C@H](O)[C@H]2O)[C@H]1O)[C@@H](O)CO. The summed E-state index contributed by atoms with van der Waals surface area (Å²) in [7, 11) is 0. The van der Waals surface area contributed by atoms with Crippen LogP contribution in [0.2, 0.25) is 0 Å². The average molecular weight is 414 g/mol. The summed E-state index contributed by atoms with van der Waals surface area (Å²) in [5.41, 5.74) is 0. The zero-order valence-electron chi connectivity index (χ0n) is 14.7. The highest BCUT2D eigenvalue weighted by molar-refractivity contribution is 5.56. The number of carbonyl (C=O) groups is 1. The van der Waals surface area contributed by atoms with Gasteiger partial charge in [0, 0.05) is 0 Å². The highest BCUT2D eigenvalue weighted by Crippen LogP contribution is 2.29. The van der Waals surface area contributed by atoms with Crippen LogP contribution < -0.4 is 0 Å². The Morgan fingerprint density at radius 3 is 2.29 bits per heavy atom. The number of aldehydes is 1. The highest BCUT2D eigenvalue weighted by Gasteiger charge is 2.50. The average Bonchev–Trinajstić information content (AvgIpc) is 3.00. The molecule has 0 aromatic heterocycles. The first kappa shape index (κ1) is 23.5. The Morgan fingerprint density at radius 2 is 1.71 bits per heavy atom.